The minimum atomic E-state index is -0.367. The van der Waals surface area contributed by atoms with Gasteiger partial charge in [0, 0.05) is 0 Å². The molecule has 0 radical (unpaired) electrons. The molecule has 0 saturated heterocycles. The summed E-state index contributed by atoms with van der Waals surface area (Å²) >= 11 is 0. The fourth-order valence-corrected chi connectivity index (χ4v) is 1.90. The molecule has 0 heterocycles. The summed E-state index contributed by atoms with van der Waals surface area (Å²) in [5.41, 5.74) is 4.91. The maximum absolute atomic E-state index is 11.0. The van der Waals surface area contributed by atoms with E-state index in [9.17, 15) is 4.79 Å². The van der Waals surface area contributed by atoms with Gasteiger partial charge in [-0.1, -0.05) is 13.8 Å². The molecular formula is C8H16N2O. The normalized spacial score (nSPS) is 36.4. The third kappa shape index (κ3) is 1.38. The van der Waals surface area contributed by atoms with Crippen molar-refractivity contribution in [1.82, 2.24) is 5.32 Å². The van der Waals surface area contributed by atoms with Crippen molar-refractivity contribution in [2.45, 2.75) is 32.2 Å². The van der Waals surface area contributed by atoms with Gasteiger partial charge in [0.15, 0.2) is 0 Å². The molecule has 64 valence electrons. The molecule has 0 aromatic rings. The largest absolute Gasteiger partial charge is 0.368 e. The standard InChI is InChI=1S/C8H16N2O/c1-3-10-8(7(9)11)4-6(2)5-8/h6,10H,3-5H2,1-2H3,(H2,9,11). The number of hydrogen-bond acceptors (Lipinski definition) is 2. The number of primary amides is 1. The highest BCUT2D eigenvalue weighted by Gasteiger charge is 2.46. The predicted molar refractivity (Wildman–Crippen MR) is 44.0 cm³/mol. The number of nitrogens with one attached hydrogen (secondary N) is 1. The van der Waals surface area contributed by atoms with Crippen LogP contribution in [0.2, 0.25) is 0 Å². The summed E-state index contributed by atoms with van der Waals surface area (Å²) in [5.74, 6) is 0.444. The summed E-state index contributed by atoms with van der Waals surface area (Å²) in [6.45, 7) is 4.95. The lowest BCUT2D eigenvalue weighted by atomic mass is 9.68. The zero-order valence-electron chi connectivity index (χ0n) is 7.18. The van der Waals surface area contributed by atoms with Crippen LogP contribution in [0.25, 0.3) is 0 Å². The number of carbonyl (C=O) groups is 1. The first-order chi connectivity index (χ1) is 5.10. The van der Waals surface area contributed by atoms with Crippen molar-refractivity contribution in [2.24, 2.45) is 11.7 Å². The molecule has 0 aliphatic heterocycles. The molecule has 3 nitrogen and oxygen atoms in total. The molecule has 0 aromatic heterocycles. The molecule has 1 fully saturated rings. The Morgan fingerprint density at radius 3 is 2.55 bits per heavy atom. The van der Waals surface area contributed by atoms with E-state index in [2.05, 4.69) is 12.2 Å². The molecule has 1 saturated carbocycles. The van der Waals surface area contributed by atoms with E-state index >= 15 is 0 Å². The lowest BCUT2D eigenvalue weighted by molar-refractivity contribution is -0.129. The minimum absolute atomic E-state index is 0.197. The van der Waals surface area contributed by atoms with Crippen LogP contribution in [0.1, 0.15) is 26.7 Å². The number of carbonyl (C=O) groups excluding carboxylic acids is 1. The molecule has 0 bridgehead atoms. The Hall–Kier alpha value is -0.570. The second kappa shape index (κ2) is 2.81. The van der Waals surface area contributed by atoms with E-state index in [0.29, 0.717) is 5.92 Å². The lowest BCUT2D eigenvalue weighted by Gasteiger charge is -2.44. The first kappa shape index (κ1) is 8.53. The van der Waals surface area contributed by atoms with Crippen molar-refractivity contribution in [2.75, 3.05) is 6.54 Å². The topological polar surface area (TPSA) is 55.1 Å². The molecule has 11 heavy (non-hydrogen) atoms. The number of likely N-dealkylation sites (N-methyl/N-ethyl adjacent to an activating group) is 1. The average molecular weight is 156 g/mol. The molecule has 0 aromatic carbocycles. The monoisotopic (exact) mass is 156 g/mol. The predicted octanol–water partition coefficient (Wildman–Crippen LogP) is 0.250. The summed E-state index contributed by atoms with van der Waals surface area (Å²) in [4.78, 5) is 11.0. The van der Waals surface area contributed by atoms with Gasteiger partial charge >= 0.3 is 0 Å². The fraction of sp³-hybridized carbons (Fsp3) is 0.875. The molecule has 0 spiro atoms. The van der Waals surface area contributed by atoms with Gasteiger partial charge in [0.05, 0.1) is 5.54 Å². The SMILES string of the molecule is CCNC1(C(N)=O)CC(C)C1. The van der Waals surface area contributed by atoms with Gasteiger partial charge in [0.1, 0.15) is 0 Å². The average Bonchev–Trinajstić information content (AvgIpc) is 1.84. The van der Waals surface area contributed by atoms with Gasteiger partial charge in [-0.25, -0.2) is 0 Å². The van der Waals surface area contributed by atoms with Crippen LogP contribution >= 0.6 is 0 Å². The Kier molecular flexibility index (Phi) is 2.18. The van der Waals surface area contributed by atoms with Crippen LogP contribution in [-0.4, -0.2) is 18.0 Å². The molecule has 1 rings (SSSR count). The van der Waals surface area contributed by atoms with Crippen molar-refractivity contribution >= 4 is 5.91 Å². The van der Waals surface area contributed by atoms with Crippen molar-refractivity contribution in [1.29, 1.82) is 0 Å². The molecule has 1 amide bonds. The smallest absolute Gasteiger partial charge is 0.237 e. The van der Waals surface area contributed by atoms with Crippen LogP contribution in [0.5, 0.6) is 0 Å². The van der Waals surface area contributed by atoms with E-state index < -0.39 is 0 Å². The zero-order chi connectivity index (χ0) is 8.48. The number of nitrogens with two attached hydrogens (primary N) is 1. The van der Waals surface area contributed by atoms with E-state index in [1.54, 1.807) is 0 Å². The third-order valence-electron chi connectivity index (χ3n) is 2.38. The minimum Gasteiger partial charge on any atom is -0.368 e. The molecule has 0 atom stereocenters. The maximum Gasteiger partial charge on any atom is 0.237 e. The van der Waals surface area contributed by atoms with Gasteiger partial charge in [-0.05, 0) is 25.3 Å². The van der Waals surface area contributed by atoms with Crippen LogP contribution in [0.4, 0.5) is 0 Å². The number of rotatable bonds is 3. The van der Waals surface area contributed by atoms with E-state index in [-0.39, 0.29) is 11.4 Å². The van der Waals surface area contributed by atoms with Crippen LogP contribution in [0.15, 0.2) is 0 Å². The summed E-state index contributed by atoms with van der Waals surface area (Å²) < 4.78 is 0. The van der Waals surface area contributed by atoms with E-state index in [0.717, 1.165) is 19.4 Å². The van der Waals surface area contributed by atoms with Crippen LogP contribution in [0, 0.1) is 5.92 Å². The van der Waals surface area contributed by atoms with Crippen molar-refractivity contribution in [3.8, 4) is 0 Å². The molecule has 1 aliphatic carbocycles. The molecule has 3 heteroatoms. The van der Waals surface area contributed by atoms with Crippen molar-refractivity contribution in [3.63, 3.8) is 0 Å². The Morgan fingerprint density at radius 2 is 2.27 bits per heavy atom. The highest BCUT2D eigenvalue weighted by Crippen LogP contribution is 2.36. The second-order valence-corrected chi connectivity index (χ2v) is 3.49. The lowest BCUT2D eigenvalue weighted by Crippen LogP contribution is -2.62. The Balaban J connectivity index is 2.53. The van der Waals surface area contributed by atoms with Crippen molar-refractivity contribution in [3.05, 3.63) is 0 Å². The maximum atomic E-state index is 11.0. The highest BCUT2D eigenvalue weighted by atomic mass is 16.1. The van der Waals surface area contributed by atoms with Gasteiger partial charge in [-0.15, -0.1) is 0 Å². The molecular weight excluding hydrogens is 140 g/mol. The molecule has 3 N–H and O–H groups in total. The number of amides is 1. The summed E-state index contributed by atoms with van der Waals surface area (Å²) in [6, 6.07) is 0. The summed E-state index contributed by atoms with van der Waals surface area (Å²) in [7, 11) is 0. The Morgan fingerprint density at radius 1 is 1.73 bits per heavy atom. The van der Waals surface area contributed by atoms with Crippen LogP contribution < -0.4 is 11.1 Å². The zero-order valence-corrected chi connectivity index (χ0v) is 7.18. The molecule has 0 unspecified atom stereocenters. The van der Waals surface area contributed by atoms with Gasteiger partial charge < -0.3 is 11.1 Å². The fourth-order valence-electron chi connectivity index (χ4n) is 1.90. The Bertz CT molecular complexity index is 156. The van der Waals surface area contributed by atoms with Crippen molar-refractivity contribution < 1.29 is 4.79 Å². The summed E-state index contributed by atoms with van der Waals surface area (Å²) in [6.07, 6.45) is 1.80. The van der Waals surface area contributed by atoms with Crippen LogP contribution in [-0.2, 0) is 4.79 Å². The van der Waals surface area contributed by atoms with E-state index in [1.807, 2.05) is 6.92 Å². The molecule has 1 aliphatic rings. The summed E-state index contributed by atoms with van der Waals surface area (Å²) in [5, 5.41) is 3.15. The van der Waals surface area contributed by atoms with Gasteiger partial charge in [-0.2, -0.15) is 0 Å². The number of hydrogen-bond donors (Lipinski definition) is 2. The Labute approximate surface area is 67.3 Å². The first-order valence-electron chi connectivity index (χ1n) is 4.15. The van der Waals surface area contributed by atoms with Gasteiger partial charge in [0.25, 0.3) is 0 Å². The van der Waals surface area contributed by atoms with Gasteiger partial charge in [-0.3, -0.25) is 4.79 Å². The first-order valence-corrected chi connectivity index (χ1v) is 4.15. The van der Waals surface area contributed by atoms with Gasteiger partial charge in [0.2, 0.25) is 5.91 Å². The quantitative estimate of drug-likeness (QED) is 0.615. The highest BCUT2D eigenvalue weighted by molar-refractivity contribution is 5.85. The second-order valence-electron chi connectivity index (χ2n) is 3.49. The van der Waals surface area contributed by atoms with E-state index in [4.69, 9.17) is 5.73 Å². The van der Waals surface area contributed by atoms with E-state index in [1.165, 1.54) is 0 Å². The third-order valence-corrected chi connectivity index (χ3v) is 2.38. The van der Waals surface area contributed by atoms with Crippen LogP contribution in [0.3, 0.4) is 0 Å².